The van der Waals surface area contributed by atoms with Crippen molar-refractivity contribution >= 4 is 5.91 Å². The number of carbonyl (C=O) groups is 1. The van der Waals surface area contributed by atoms with Crippen LogP contribution in [0.1, 0.15) is 45.7 Å². The zero-order chi connectivity index (χ0) is 14.2. The number of fused-ring (bicyclic) bond motifs is 2. The fourth-order valence-electron chi connectivity index (χ4n) is 3.48. The number of benzene rings is 1. The number of hydrogen-bond donors (Lipinski definition) is 1. The summed E-state index contributed by atoms with van der Waals surface area (Å²) < 4.78 is 0. The summed E-state index contributed by atoms with van der Waals surface area (Å²) >= 11 is 0. The molecule has 1 aromatic carbocycles. The molecule has 0 saturated carbocycles. The molecule has 0 spiro atoms. The van der Waals surface area contributed by atoms with Crippen molar-refractivity contribution in [2.45, 2.75) is 38.6 Å². The summed E-state index contributed by atoms with van der Waals surface area (Å²) in [4.78, 5) is 14.7. The van der Waals surface area contributed by atoms with Crippen LogP contribution in [0.2, 0.25) is 0 Å². The third kappa shape index (κ3) is 2.15. The van der Waals surface area contributed by atoms with E-state index in [-0.39, 0.29) is 5.91 Å². The lowest BCUT2D eigenvalue weighted by Crippen LogP contribution is -2.36. The molecule has 0 unspecified atom stereocenters. The van der Waals surface area contributed by atoms with Crippen molar-refractivity contribution in [2.24, 2.45) is 0 Å². The average Bonchev–Trinajstić information content (AvgIpc) is 2.98. The minimum Gasteiger partial charge on any atom is -0.333 e. The van der Waals surface area contributed by atoms with Crippen LogP contribution in [0.5, 0.6) is 0 Å². The van der Waals surface area contributed by atoms with E-state index in [4.69, 9.17) is 0 Å². The van der Waals surface area contributed by atoms with E-state index < -0.39 is 0 Å². The molecule has 0 bridgehead atoms. The molecule has 0 saturated heterocycles. The molecule has 1 N–H and O–H groups in total. The lowest BCUT2D eigenvalue weighted by Gasteiger charge is -2.28. The highest BCUT2D eigenvalue weighted by atomic mass is 16.2. The predicted octanol–water partition coefficient (Wildman–Crippen LogP) is 2.49. The summed E-state index contributed by atoms with van der Waals surface area (Å²) in [6.07, 6.45) is 5.31. The number of aromatic amines is 1. The molecule has 108 valence electrons. The van der Waals surface area contributed by atoms with Crippen molar-refractivity contribution in [3.63, 3.8) is 0 Å². The molecule has 0 radical (unpaired) electrons. The van der Waals surface area contributed by atoms with Crippen molar-refractivity contribution < 1.29 is 4.79 Å². The van der Waals surface area contributed by atoms with Crippen molar-refractivity contribution in [3.8, 4) is 0 Å². The molecule has 4 rings (SSSR count). The molecule has 21 heavy (non-hydrogen) atoms. The largest absolute Gasteiger partial charge is 0.333 e. The summed E-state index contributed by atoms with van der Waals surface area (Å²) in [5.41, 5.74) is 5.61. The van der Waals surface area contributed by atoms with Gasteiger partial charge in [0, 0.05) is 24.3 Å². The van der Waals surface area contributed by atoms with E-state index in [1.807, 2.05) is 11.0 Å². The Morgan fingerprint density at radius 3 is 2.81 bits per heavy atom. The van der Waals surface area contributed by atoms with E-state index in [1.165, 1.54) is 23.2 Å². The second kappa shape index (κ2) is 5.02. The highest BCUT2D eigenvalue weighted by Gasteiger charge is 2.27. The molecule has 2 aromatic rings. The van der Waals surface area contributed by atoms with Crippen molar-refractivity contribution in [2.75, 3.05) is 6.54 Å². The quantitative estimate of drug-likeness (QED) is 0.873. The zero-order valence-corrected chi connectivity index (χ0v) is 12.1. The maximum atomic E-state index is 12.8. The van der Waals surface area contributed by atoms with Gasteiger partial charge in [0.2, 0.25) is 0 Å². The fourth-order valence-corrected chi connectivity index (χ4v) is 3.48. The molecule has 2 heterocycles. The van der Waals surface area contributed by atoms with Gasteiger partial charge in [-0.15, -0.1) is 0 Å². The molecule has 0 fully saturated rings. The second-order valence-electron chi connectivity index (χ2n) is 5.98. The first kappa shape index (κ1) is 12.6. The standard InChI is InChI=1S/C17H19N3O/c21-17(16-14-7-3-4-8-15(14)18-19-16)20-10-9-12-5-1-2-6-13(12)11-20/h1-2,5-6H,3-4,7-11H2,(H,18,19). The summed E-state index contributed by atoms with van der Waals surface area (Å²) in [7, 11) is 0. The summed E-state index contributed by atoms with van der Waals surface area (Å²) in [6, 6.07) is 8.39. The fraction of sp³-hybridized carbons (Fsp3) is 0.412. The molecule has 1 amide bonds. The van der Waals surface area contributed by atoms with Gasteiger partial charge in [-0.25, -0.2) is 0 Å². The van der Waals surface area contributed by atoms with E-state index in [2.05, 4.69) is 28.4 Å². The van der Waals surface area contributed by atoms with E-state index in [0.717, 1.165) is 37.8 Å². The highest BCUT2D eigenvalue weighted by molar-refractivity contribution is 5.94. The molecule has 0 atom stereocenters. The number of hydrogen-bond acceptors (Lipinski definition) is 2. The zero-order valence-electron chi connectivity index (χ0n) is 12.1. The first-order valence-corrected chi connectivity index (χ1v) is 7.75. The maximum absolute atomic E-state index is 12.8. The van der Waals surface area contributed by atoms with Crippen molar-refractivity contribution in [3.05, 3.63) is 52.3 Å². The third-order valence-corrected chi connectivity index (χ3v) is 4.68. The number of aryl methyl sites for hydroxylation is 1. The Morgan fingerprint density at radius 2 is 1.90 bits per heavy atom. The Labute approximate surface area is 124 Å². The topological polar surface area (TPSA) is 49.0 Å². The van der Waals surface area contributed by atoms with Gasteiger partial charge in [-0.2, -0.15) is 5.10 Å². The van der Waals surface area contributed by atoms with Gasteiger partial charge in [-0.05, 0) is 43.2 Å². The van der Waals surface area contributed by atoms with Gasteiger partial charge >= 0.3 is 0 Å². The molecule has 2 aliphatic rings. The molecule has 1 aliphatic heterocycles. The summed E-state index contributed by atoms with van der Waals surface area (Å²) in [5, 5.41) is 7.38. The van der Waals surface area contributed by atoms with Gasteiger partial charge in [0.05, 0.1) is 0 Å². The average molecular weight is 281 g/mol. The van der Waals surface area contributed by atoms with Crippen LogP contribution >= 0.6 is 0 Å². The lowest BCUT2D eigenvalue weighted by atomic mass is 9.95. The first-order valence-electron chi connectivity index (χ1n) is 7.75. The minimum atomic E-state index is 0.0869. The van der Waals surface area contributed by atoms with Gasteiger partial charge < -0.3 is 4.90 Å². The predicted molar refractivity (Wildman–Crippen MR) is 80.1 cm³/mol. The van der Waals surface area contributed by atoms with E-state index in [0.29, 0.717) is 12.2 Å². The molecule has 4 nitrogen and oxygen atoms in total. The number of H-pyrrole nitrogens is 1. The highest BCUT2D eigenvalue weighted by Crippen LogP contribution is 2.25. The third-order valence-electron chi connectivity index (χ3n) is 4.68. The molecule has 4 heteroatoms. The first-order chi connectivity index (χ1) is 10.3. The molecule has 1 aromatic heterocycles. The van der Waals surface area contributed by atoms with Crippen molar-refractivity contribution in [1.29, 1.82) is 0 Å². The van der Waals surface area contributed by atoms with E-state index in [1.54, 1.807) is 0 Å². The van der Waals surface area contributed by atoms with E-state index in [9.17, 15) is 4.79 Å². The van der Waals surface area contributed by atoms with Crippen LogP contribution in [0.3, 0.4) is 0 Å². The van der Waals surface area contributed by atoms with E-state index >= 15 is 0 Å². The SMILES string of the molecule is O=C(c1n[nH]c2c1CCCC2)N1CCc2ccccc2C1. The Bertz CT molecular complexity index is 689. The Morgan fingerprint density at radius 1 is 1.10 bits per heavy atom. The number of amides is 1. The number of carbonyl (C=O) groups excluding carboxylic acids is 1. The van der Waals surface area contributed by atoms with Crippen LogP contribution in [0.4, 0.5) is 0 Å². The molecular formula is C17H19N3O. The Hall–Kier alpha value is -2.10. The van der Waals surface area contributed by atoms with Crippen molar-refractivity contribution in [1.82, 2.24) is 15.1 Å². The number of rotatable bonds is 1. The lowest BCUT2D eigenvalue weighted by molar-refractivity contribution is 0.0727. The summed E-state index contributed by atoms with van der Waals surface area (Å²) in [6.45, 7) is 1.49. The maximum Gasteiger partial charge on any atom is 0.274 e. The molecular weight excluding hydrogens is 262 g/mol. The van der Waals surface area contributed by atoms with Gasteiger partial charge in [0.25, 0.3) is 5.91 Å². The van der Waals surface area contributed by atoms with Gasteiger partial charge in [-0.1, -0.05) is 24.3 Å². The van der Waals surface area contributed by atoms with Crippen LogP contribution in [0, 0.1) is 0 Å². The Balaban J connectivity index is 1.60. The van der Waals surface area contributed by atoms with Crippen LogP contribution in [-0.2, 0) is 25.8 Å². The molecule has 1 aliphatic carbocycles. The van der Waals surface area contributed by atoms with Crippen LogP contribution in [-0.4, -0.2) is 27.5 Å². The van der Waals surface area contributed by atoms with Gasteiger partial charge in [0.15, 0.2) is 5.69 Å². The normalized spacial score (nSPS) is 17.2. The van der Waals surface area contributed by atoms with Crippen LogP contribution in [0.15, 0.2) is 24.3 Å². The number of nitrogens with zero attached hydrogens (tertiary/aromatic N) is 2. The van der Waals surface area contributed by atoms with Crippen LogP contribution in [0.25, 0.3) is 0 Å². The smallest absolute Gasteiger partial charge is 0.274 e. The van der Waals surface area contributed by atoms with Gasteiger partial charge in [0.1, 0.15) is 0 Å². The van der Waals surface area contributed by atoms with Gasteiger partial charge in [-0.3, -0.25) is 9.89 Å². The number of aromatic nitrogens is 2. The Kier molecular flexibility index (Phi) is 3.02. The monoisotopic (exact) mass is 281 g/mol. The second-order valence-corrected chi connectivity index (χ2v) is 5.98. The summed E-state index contributed by atoms with van der Waals surface area (Å²) in [5.74, 6) is 0.0869. The minimum absolute atomic E-state index is 0.0869. The number of nitrogens with one attached hydrogen (secondary N) is 1. The van der Waals surface area contributed by atoms with Crippen LogP contribution < -0.4 is 0 Å².